The van der Waals surface area contributed by atoms with Gasteiger partial charge in [0, 0.05) is 24.6 Å². The van der Waals surface area contributed by atoms with Crippen LogP contribution in [0.5, 0.6) is 0 Å². The molecule has 14 heavy (non-hydrogen) atoms. The molecule has 1 heterocycles. The zero-order valence-corrected chi connectivity index (χ0v) is 8.47. The zero-order valence-electron chi connectivity index (χ0n) is 8.47. The molecule has 1 N–H and O–H groups in total. The van der Waals surface area contributed by atoms with Gasteiger partial charge in [-0.3, -0.25) is 0 Å². The molecular formula is C9H18N4O. The van der Waals surface area contributed by atoms with E-state index >= 15 is 0 Å². The van der Waals surface area contributed by atoms with Gasteiger partial charge in [-0.1, -0.05) is 5.11 Å². The lowest BCUT2D eigenvalue weighted by Crippen LogP contribution is -2.22. The Morgan fingerprint density at radius 1 is 1.57 bits per heavy atom. The summed E-state index contributed by atoms with van der Waals surface area (Å²) in [6.07, 6.45) is 3.06. The van der Waals surface area contributed by atoms with Crippen molar-refractivity contribution in [2.75, 3.05) is 32.8 Å². The summed E-state index contributed by atoms with van der Waals surface area (Å²) in [6, 6.07) is 0. The Morgan fingerprint density at radius 2 is 2.43 bits per heavy atom. The second-order valence-corrected chi connectivity index (χ2v) is 3.78. The SMILES string of the molecule is [N-]=[N+]=NCCCN1CCC(CCO)C1. The van der Waals surface area contributed by atoms with Crippen LogP contribution in [0.3, 0.4) is 0 Å². The third kappa shape index (κ3) is 3.96. The second-order valence-electron chi connectivity index (χ2n) is 3.78. The van der Waals surface area contributed by atoms with Gasteiger partial charge in [-0.05, 0) is 43.8 Å². The molecule has 0 aliphatic carbocycles. The Labute approximate surface area is 84.3 Å². The van der Waals surface area contributed by atoms with E-state index in [2.05, 4.69) is 14.9 Å². The lowest BCUT2D eigenvalue weighted by Gasteiger charge is -2.14. The fraction of sp³-hybridized carbons (Fsp3) is 1.00. The van der Waals surface area contributed by atoms with Gasteiger partial charge >= 0.3 is 0 Å². The topological polar surface area (TPSA) is 72.2 Å². The molecule has 0 amide bonds. The highest BCUT2D eigenvalue weighted by Gasteiger charge is 2.20. The van der Waals surface area contributed by atoms with E-state index in [4.69, 9.17) is 10.6 Å². The molecule has 80 valence electrons. The van der Waals surface area contributed by atoms with E-state index in [1.807, 2.05) is 0 Å². The van der Waals surface area contributed by atoms with E-state index in [0.717, 1.165) is 32.5 Å². The maximum absolute atomic E-state index is 8.79. The molecule has 0 aromatic rings. The van der Waals surface area contributed by atoms with Crippen LogP contribution in [0, 0.1) is 5.92 Å². The highest BCUT2D eigenvalue weighted by molar-refractivity contribution is 4.75. The third-order valence-corrected chi connectivity index (χ3v) is 2.70. The van der Waals surface area contributed by atoms with E-state index in [1.165, 1.54) is 6.42 Å². The zero-order chi connectivity index (χ0) is 10.2. The summed E-state index contributed by atoms with van der Waals surface area (Å²) in [5.41, 5.74) is 8.09. The number of aliphatic hydroxyl groups is 1. The molecular weight excluding hydrogens is 180 g/mol. The minimum absolute atomic E-state index is 0.303. The number of hydrogen-bond donors (Lipinski definition) is 1. The van der Waals surface area contributed by atoms with Crippen LogP contribution in [0.4, 0.5) is 0 Å². The van der Waals surface area contributed by atoms with E-state index in [9.17, 15) is 0 Å². The van der Waals surface area contributed by atoms with E-state index in [-0.39, 0.29) is 0 Å². The van der Waals surface area contributed by atoms with Crippen LogP contribution < -0.4 is 0 Å². The van der Waals surface area contributed by atoms with Gasteiger partial charge in [-0.25, -0.2) is 0 Å². The van der Waals surface area contributed by atoms with Crippen LogP contribution in [-0.2, 0) is 0 Å². The Kier molecular flexibility index (Phi) is 5.37. The van der Waals surface area contributed by atoms with Crippen LogP contribution in [-0.4, -0.2) is 42.8 Å². The summed E-state index contributed by atoms with van der Waals surface area (Å²) >= 11 is 0. The van der Waals surface area contributed by atoms with Gasteiger partial charge < -0.3 is 10.0 Å². The molecule has 1 aliphatic rings. The van der Waals surface area contributed by atoms with Gasteiger partial charge in [0.1, 0.15) is 0 Å². The molecule has 0 aromatic carbocycles. The molecule has 0 aromatic heterocycles. The van der Waals surface area contributed by atoms with Crippen molar-refractivity contribution in [1.82, 2.24) is 4.90 Å². The average molecular weight is 198 g/mol. The molecule has 0 radical (unpaired) electrons. The van der Waals surface area contributed by atoms with Gasteiger partial charge in [-0.2, -0.15) is 0 Å². The lowest BCUT2D eigenvalue weighted by atomic mass is 10.1. The Bertz CT molecular complexity index is 203. The smallest absolute Gasteiger partial charge is 0.0434 e. The number of azide groups is 1. The third-order valence-electron chi connectivity index (χ3n) is 2.70. The summed E-state index contributed by atoms with van der Waals surface area (Å²) in [7, 11) is 0. The summed E-state index contributed by atoms with van der Waals surface area (Å²) in [5, 5.41) is 12.3. The molecule has 1 aliphatic heterocycles. The van der Waals surface area contributed by atoms with Crippen molar-refractivity contribution in [2.45, 2.75) is 19.3 Å². The first-order valence-electron chi connectivity index (χ1n) is 5.21. The monoisotopic (exact) mass is 198 g/mol. The lowest BCUT2D eigenvalue weighted by molar-refractivity contribution is 0.250. The van der Waals surface area contributed by atoms with E-state index < -0.39 is 0 Å². The molecule has 1 atom stereocenters. The minimum atomic E-state index is 0.303. The number of aliphatic hydroxyl groups excluding tert-OH is 1. The van der Waals surface area contributed by atoms with Crippen LogP contribution in [0.25, 0.3) is 10.4 Å². The molecule has 5 nitrogen and oxygen atoms in total. The van der Waals surface area contributed by atoms with Crippen molar-refractivity contribution in [3.05, 3.63) is 10.4 Å². The van der Waals surface area contributed by atoms with Gasteiger partial charge in [0.25, 0.3) is 0 Å². The van der Waals surface area contributed by atoms with Gasteiger partial charge in [-0.15, -0.1) is 0 Å². The predicted molar refractivity (Wildman–Crippen MR) is 54.9 cm³/mol. The number of likely N-dealkylation sites (tertiary alicyclic amines) is 1. The molecule has 5 heteroatoms. The van der Waals surface area contributed by atoms with Crippen molar-refractivity contribution < 1.29 is 5.11 Å². The highest BCUT2D eigenvalue weighted by Crippen LogP contribution is 2.18. The first-order chi connectivity index (χ1) is 6.86. The van der Waals surface area contributed by atoms with Crippen LogP contribution in [0.1, 0.15) is 19.3 Å². The second kappa shape index (κ2) is 6.65. The summed E-state index contributed by atoms with van der Waals surface area (Å²) in [6.45, 7) is 4.13. The van der Waals surface area contributed by atoms with Crippen LogP contribution in [0.15, 0.2) is 5.11 Å². The number of hydrogen-bond acceptors (Lipinski definition) is 3. The van der Waals surface area contributed by atoms with Crippen molar-refractivity contribution in [3.63, 3.8) is 0 Å². The van der Waals surface area contributed by atoms with E-state index in [0.29, 0.717) is 19.1 Å². The first-order valence-corrected chi connectivity index (χ1v) is 5.21. The van der Waals surface area contributed by atoms with E-state index in [1.54, 1.807) is 0 Å². The standard InChI is InChI=1S/C9H18N4O/c10-12-11-4-1-5-13-6-2-9(8-13)3-7-14/h9,14H,1-8H2. The number of rotatable bonds is 6. The molecule has 1 unspecified atom stereocenters. The van der Waals surface area contributed by atoms with Crippen LogP contribution in [0.2, 0.25) is 0 Å². The molecule has 1 fully saturated rings. The maximum atomic E-state index is 8.79. The van der Waals surface area contributed by atoms with Crippen molar-refractivity contribution in [3.8, 4) is 0 Å². The predicted octanol–water partition coefficient (Wildman–Crippen LogP) is 1.39. The van der Waals surface area contributed by atoms with Crippen molar-refractivity contribution in [1.29, 1.82) is 0 Å². The normalized spacial score (nSPS) is 22.2. The highest BCUT2D eigenvalue weighted by atomic mass is 16.3. The summed E-state index contributed by atoms with van der Waals surface area (Å²) in [5.74, 6) is 0.666. The summed E-state index contributed by atoms with van der Waals surface area (Å²) < 4.78 is 0. The largest absolute Gasteiger partial charge is 0.396 e. The average Bonchev–Trinajstić information content (AvgIpc) is 2.61. The van der Waals surface area contributed by atoms with Crippen molar-refractivity contribution in [2.24, 2.45) is 11.0 Å². The van der Waals surface area contributed by atoms with Crippen LogP contribution >= 0.6 is 0 Å². The summed E-state index contributed by atoms with van der Waals surface area (Å²) in [4.78, 5) is 5.10. The number of nitrogens with zero attached hydrogens (tertiary/aromatic N) is 4. The Hall–Kier alpha value is -0.770. The molecule has 1 rings (SSSR count). The molecule has 0 saturated carbocycles. The maximum Gasteiger partial charge on any atom is 0.0434 e. The van der Waals surface area contributed by atoms with Gasteiger partial charge in [0.15, 0.2) is 0 Å². The minimum Gasteiger partial charge on any atom is -0.396 e. The van der Waals surface area contributed by atoms with Crippen molar-refractivity contribution >= 4 is 0 Å². The molecule has 1 saturated heterocycles. The Balaban J connectivity index is 2.06. The van der Waals surface area contributed by atoms with Gasteiger partial charge in [0.05, 0.1) is 0 Å². The Morgan fingerprint density at radius 3 is 3.14 bits per heavy atom. The first kappa shape index (κ1) is 11.3. The van der Waals surface area contributed by atoms with Gasteiger partial charge in [0.2, 0.25) is 0 Å². The molecule has 0 bridgehead atoms. The fourth-order valence-corrected chi connectivity index (χ4v) is 1.94. The fourth-order valence-electron chi connectivity index (χ4n) is 1.94. The quantitative estimate of drug-likeness (QED) is 0.303. The molecule has 0 spiro atoms.